The van der Waals surface area contributed by atoms with E-state index < -0.39 is 43.0 Å². The number of hydrogen-bond acceptors (Lipinski definition) is 2. The first-order valence-corrected chi connectivity index (χ1v) is 7.37. The average Bonchev–Trinajstić information content (AvgIpc) is 2.89. The molecule has 1 fully saturated rings. The molecule has 0 radical (unpaired) electrons. The standard InChI is InChI=1S/C14H12Cl2F3NO3/c15-10-3-1-2-7(12(10)16)4-11(21)20-5-8(13(22)23)9(6-20)14(17,18)19/h1-3,8-9H,4-6H2,(H,22,23)/t8-,9-/m1/s1. The number of carboxylic acids is 1. The molecule has 126 valence electrons. The Morgan fingerprint density at radius 1 is 1.26 bits per heavy atom. The molecule has 2 rings (SSSR count). The number of alkyl halides is 3. The van der Waals surface area contributed by atoms with Gasteiger partial charge >= 0.3 is 12.1 Å². The highest BCUT2D eigenvalue weighted by Crippen LogP contribution is 2.38. The Hall–Kier alpha value is -1.47. The molecule has 4 nitrogen and oxygen atoms in total. The van der Waals surface area contributed by atoms with Crippen LogP contribution in [0.15, 0.2) is 18.2 Å². The number of halogens is 5. The zero-order valence-electron chi connectivity index (χ0n) is 11.6. The fourth-order valence-electron chi connectivity index (χ4n) is 2.55. The van der Waals surface area contributed by atoms with E-state index in [9.17, 15) is 22.8 Å². The maximum Gasteiger partial charge on any atom is 0.394 e. The normalized spacial score (nSPS) is 21.5. The van der Waals surface area contributed by atoms with E-state index in [-0.39, 0.29) is 16.5 Å². The zero-order chi connectivity index (χ0) is 17.4. The van der Waals surface area contributed by atoms with Crippen LogP contribution in [0.4, 0.5) is 13.2 Å². The third-order valence-corrected chi connectivity index (χ3v) is 4.64. The second-order valence-corrected chi connectivity index (χ2v) is 6.07. The van der Waals surface area contributed by atoms with Gasteiger partial charge in [-0.15, -0.1) is 0 Å². The van der Waals surface area contributed by atoms with E-state index >= 15 is 0 Å². The number of carbonyl (C=O) groups excluding carboxylic acids is 1. The van der Waals surface area contributed by atoms with Crippen LogP contribution >= 0.6 is 23.2 Å². The molecule has 2 atom stereocenters. The molecule has 0 saturated carbocycles. The Balaban J connectivity index is 2.15. The number of benzene rings is 1. The first kappa shape index (κ1) is 17.9. The molecule has 1 saturated heterocycles. The first-order chi connectivity index (χ1) is 10.6. The highest BCUT2D eigenvalue weighted by Gasteiger charge is 2.53. The van der Waals surface area contributed by atoms with Crippen LogP contribution in [0.1, 0.15) is 5.56 Å². The SMILES string of the molecule is O=C(O)[C@@H]1CN(C(=O)Cc2cccc(Cl)c2Cl)C[C@H]1C(F)(F)F. The van der Waals surface area contributed by atoms with E-state index in [0.717, 1.165) is 4.90 Å². The van der Waals surface area contributed by atoms with E-state index in [2.05, 4.69) is 0 Å². The summed E-state index contributed by atoms with van der Waals surface area (Å²) < 4.78 is 38.7. The van der Waals surface area contributed by atoms with E-state index in [1.54, 1.807) is 6.07 Å². The summed E-state index contributed by atoms with van der Waals surface area (Å²) in [4.78, 5) is 24.1. The highest BCUT2D eigenvalue weighted by atomic mass is 35.5. The summed E-state index contributed by atoms with van der Waals surface area (Å²) >= 11 is 11.8. The van der Waals surface area contributed by atoms with E-state index in [1.807, 2.05) is 0 Å². The monoisotopic (exact) mass is 369 g/mol. The molecule has 1 heterocycles. The molecule has 1 aromatic rings. The lowest BCUT2D eigenvalue weighted by Gasteiger charge is -2.18. The number of likely N-dealkylation sites (tertiary alicyclic amines) is 1. The third kappa shape index (κ3) is 3.90. The number of nitrogens with zero attached hydrogens (tertiary/aromatic N) is 1. The largest absolute Gasteiger partial charge is 0.481 e. The molecule has 0 spiro atoms. The highest BCUT2D eigenvalue weighted by molar-refractivity contribution is 6.42. The van der Waals surface area contributed by atoms with Gasteiger partial charge in [0.1, 0.15) is 0 Å². The summed E-state index contributed by atoms with van der Waals surface area (Å²) in [6.07, 6.45) is -4.91. The lowest BCUT2D eigenvalue weighted by molar-refractivity contribution is -0.188. The summed E-state index contributed by atoms with van der Waals surface area (Å²) in [5.41, 5.74) is 0.381. The maximum absolute atomic E-state index is 12.9. The number of carbonyl (C=O) groups is 2. The molecule has 1 aliphatic rings. The van der Waals surface area contributed by atoms with Crippen molar-refractivity contribution in [3.05, 3.63) is 33.8 Å². The molecule has 0 aliphatic carbocycles. The quantitative estimate of drug-likeness (QED) is 0.889. The van der Waals surface area contributed by atoms with Crippen molar-refractivity contribution in [2.24, 2.45) is 11.8 Å². The molecular formula is C14H12Cl2F3NO3. The predicted octanol–water partition coefficient (Wildman–Crippen LogP) is 3.26. The van der Waals surface area contributed by atoms with Crippen LogP contribution in [0.25, 0.3) is 0 Å². The van der Waals surface area contributed by atoms with Gasteiger partial charge in [-0.1, -0.05) is 35.3 Å². The van der Waals surface area contributed by atoms with Gasteiger partial charge in [0.15, 0.2) is 0 Å². The van der Waals surface area contributed by atoms with Gasteiger partial charge in [0.25, 0.3) is 0 Å². The molecule has 1 N–H and O–H groups in total. The lowest BCUT2D eigenvalue weighted by atomic mass is 9.96. The molecule has 9 heteroatoms. The van der Waals surface area contributed by atoms with Crippen LogP contribution in [0, 0.1) is 11.8 Å². The third-order valence-electron chi connectivity index (χ3n) is 3.78. The summed E-state index contributed by atoms with van der Waals surface area (Å²) in [6, 6.07) is 4.63. The van der Waals surface area contributed by atoms with Crippen molar-refractivity contribution in [1.29, 1.82) is 0 Å². The second kappa shape index (κ2) is 6.57. The Morgan fingerprint density at radius 3 is 2.43 bits per heavy atom. The summed E-state index contributed by atoms with van der Waals surface area (Å²) in [5, 5.41) is 9.33. The van der Waals surface area contributed by atoms with Crippen molar-refractivity contribution in [1.82, 2.24) is 4.90 Å². The minimum absolute atomic E-state index is 0.156. The summed E-state index contributed by atoms with van der Waals surface area (Å²) in [6.45, 7) is -1.14. The molecule has 0 bridgehead atoms. The molecule has 23 heavy (non-hydrogen) atoms. The average molecular weight is 370 g/mol. The van der Waals surface area contributed by atoms with Gasteiger partial charge in [0.2, 0.25) is 5.91 Å². The van der Waals surface area contributed by atoms with Crippen molar-refractivity contribution in [2.75, 3.05) is 13.1 Å². The van der Waals surface area contributed by atoms with Gasteiger partial charge in [-0.3, -0.25) is 9.59 Å². The summed E-state index contributed by atoms with van der Waals surface area (Å²) in [5.74, 6) is -5.91. The topological polar surface area (TPSA) is 57.6 Å². The molecule has 1 amide bonds. The fourth-order valence-corrected chi connectivity index (χ4v) is 2.94. The van der Waals surface area contributed by atoms with Crippen molar-refractivity contribution in [3.63, 3.8) is 0 Å². The molecule has 1 aromatic carbocycles. The van der Waals surface area contributed by atoms with E-state index in [0.29, 0.717) is 5.56 Å². The Morgan fingerprint density at radius 2 is 1.91 bits per heavy atom. The second-order valence-electron chi connectivity index (χ2n) is 5.28. The van der Waals surface area contributed by atoms with E-state index in [4.69, 9.17) is 28.3 Å². The van der Waals surface area contributed by atoms with E-state index in [1.165, 1.54) is 12.1 Å². The van der Waals surface area contributed by atoms with Crippen molar-refractivity contribution < 1.29 is 27.9 Å². The van der Waals surface area contributed by atoms with Crippen LogP contribution in [0.3, 0.4) is 0 Å². The fraction of sp³-hybridized carbons (Fsp3) is 0.429. The van der Waals surface area contributed by atoms with Crippen molar-refractivity contribution >= 4 is 35.1 Å². The molecule has 0 aromatic heterocycles. The van der Waals surface area contributed by atoms with Gasteiger partial charge in [0, 0.05) is 13.1 Å². The number of rotatable bonds is 3. The van der Waals surface area contributed by atoms with Gasteiger partial charge in [-0.2, -0.15) is 13.2 Å². The van der Waals surface area contributed by atoms with Crippen molar-refractivity contribution in [3.8, 4) is 0 Å². The minimum Gasteiger partial charge on any atom is -0.481 e. The van der Waals surface area contributed by atoms with Gasteiger partial charge < -0.3 is 10.0 Å². The van der Waals surface area contributed by atoms with Crippen LogP contribution in [-0.2, 0) is 16.0 Å². The zero-order valence-corrected chi connectivity index (χ0v) is 13.1. The predicted molar refractivity (Wildman–Crippen MR) is 77.4 cm³/mol. The maximum atomic E-state index is 12.9. The van der Waals surface area contributed by atoms with Gasteiger partial charge in [0.05, 0.1) is 28.3 Å². The van der Waals surface area contributed by atoms with Crippen LogP contribution in [0.5, 0.6) is 0 Å². The molecular weight excluding hydrogens is 358 g/mol. The first-order valence-electron chi connectivity index (χ1n) is 6.61. The number of hydrogen-bond donors (Lipinski definition) is 1. The van der Waals surface area contributed by atoms with Crippen LogP contribution < -0.4 is 0 Å². The number of amides is 1. The summed E-state index contributed by atoms with van der Waals surface area (Å²) in [7, 11) is 0. The van der Waals surface area contributed by atoms with Crippen molar-refractivity contribution in [2.45, 2.75) is 12.6 Å². The van der Waals surface area contributed by atoms with Gasteiger partial charge in [-0.05, 0) is 11.6 Å². The number of carboxylic acid groups (broad SMARTS) is 1. The number of aliphatic carboxylic acids is 1. The Kier molecular flexibility index (Phi) is 5.10. The Bertz CT molecular complexity index is 636. The lowest BCUT2D eigenvalue weighted by Crippen LogP contribution is -2.34. The smallest absolute Gasteiger partial charge is 0.394 e. The molecule has 1 aliphatic heterocycles. The van der Waals surface area contributed by atoms with Crippen LogP contribution in [-0.4, -0.2) is 41.1 Å². The molecule has 0 unspecified atom stereocenters. The Labute approximate surface area is 139 Å². The van der Waals surface area contributed by atoms with Crippen LogP contribution in [0.2, 0.25) is 10.0 Å². The van der Waals surface area contributed by atoms with Gasteiger partial charge in [-0.25, -0.2) is 0 Å². The minimum atomic E-state index is -4.67.